The number of para-hydroxylation sites is 1. The van der Waals surface area contributed by atoms with Gasteiger partial charge in [-0.3, -0.25) is 4.79 Å². The van der Waals surface area contributed by atoms with Gasteiger partial charge in [0.2, 0.25) is 5.91 Å². The van der Waals surface area contributed by atoms with Gasteiger partial charge in [-0.2, -0.15) is 0 Å². The van der Waals surface area contributed by atoms with Crippen molar-refractivity contribution in [1.29, 1.82) is 0 Å². The molecule has 0 spiro atoms. The van der Waals surface area contributed by atoms with Crippen LogP contribution < -0.4 is 15.4 Å². The zero-order valence-corrected chi connectivity index (χ0v) is 15.6. The highest BCUT2D eigenvalue weighted by molar-refractivity contribution is 7.80. The van der Waals surface area contributed by atoms with E-state index in [4.69, 9.17) is 28.6 Å². The zero-order valence-electron chi connectivity index (χ0n) is 14.0. The zero-order chi connectivity index (χ0) is 18.1. The Balaban J connectivity index is 1.69. The largest absolute Gasteiger partial charge is 0.494 e. The lowest BCUT2D eigenvalue weighted by molar-refractivity contribution is -0.119. The van der Waals surface area contributed by atoms with Crippen molar-refractivity contribution in [2.24, 2.45) is 0 Å². The fourth-order valence-corrected chi connectivity index (χ4v) is 2.60. The third-order valence-electron chi connectivity index (χ3n) is 3.53. The van der Waals surface area contributed by atoms with Crippen LogP contribution in [0.5, 0.6) is 5.75 Å². The first kappa shape index (κ1) is 19.2. The molecule has 2 N–H and O–H groups in total. The third kappa shape index (κ3) is 6.72. The van der Waals surface area contributed by atoms with Crippen molar-refractivity contribution < 1.29 is 9.53 Å². The van der Waals surface area contributed by atoms with Gasteiger partial charge in [0, 0.05) is 17.1 Å². The molecule has 0 atom stereocenters. The average molecular weight is 377 g/mol. The van der Waals surface area contributed by atoms with Crippen molar-refractivity contribution in [3.8, 4) is 5.75 Å². The number of carbonyl (C=O) groups is 1. The Kier molecular flexibility index (Phi) is 7.70. The Morgan fingerprint density at radius 3 is 2.60 bits per heavy atom. The maximum Gasteiger partial charge on any atom is 0.226 e. The van der Waals surface area contributed by atoms with Crippen LogP contribution in [0.1, 0.15) is 25.3 Å². The summed E-state index contributed by atoms with van der Waals surface area (Å²) in [6, 6.07) is 15.0. The van der Waals surface area contributed by atoms with E-state index in [0.717, 1.165) is 23.4 Å². The van der Waals surface area contributed by atoms with Crippen molar-refractivity contribution >= 4 is 40.5 Å². The first-order chi connectivity index (χ1) is 12.1. The van der Waals surface area contributed by atoms with Crippen molar-refractivity contribution in [3.05, 3.63) is 59.1 Å². The predicted octanol–water partition coefficient (Wildman–Crippen LogP) is 4.57. The molecule has 2 aromatic carbocycles. The van der Waals surface area contributed by atoms with Crippen molar-refractivity contribution in [1.82, 2.24) is 5.32 Å². The van der Waals surface area contributed by atoms with Crippen LogP contribution in [0.4, 0.5) is 5.69 Å². The molecule has 0 saturated heterocycles. The van der Waals surface area contributed by atoms with E-state index in [1.54, 1.807) is 24.3 Å². The summed E-state index contributed by atoms with van der Waals surface area (Å²) in [5.41, 5.74) is 2.07. The second-order valence-corrected chi connectivity index (χ2v) is 6.26. The first-order valence-electron chi connectivity index (χ1n) is 8.15. The summed E-state index contributed by atoms with van der Waals surface area (Å²) in [5.74, 6) is 0.601. The summed E-state index contributed by atoms with van der Waals surface area (Å²) in [6.07, 6.45) is 1.83. The summed E-state index contributed by atoms with van der Waals surface area (Å²) in [7, 11) is 0. The molecule has 0 radical (unpaired) electrons. The van der Waals surface area contributed by atoms with Gasteiger partial charge >= 0.3 is 0 Å². The molecule has 2 rings (SSSR count). The van der Waals surface area contributed by atoms with Gasteiger partial charge in [-0.25, -0.2) is 0 Å². The van der Waals surface area contributed by atoms with Crippen LogP contribution in [-0.2, 0) is 11.2 Å². The van der Waals surface area contributed by atoms with Crippen molar-refractivity contribution in [3.63, 3.8) is 0 Å². The number of rotatable bonds is 7. The molecular weight excluding hydrogens is 356 g/mol. The average Bonchev–Trinajstić information content (AvgIpc) is 2.60. The van der Waals surface area contributed by atoms with Crippen LogP contribution in [0.15, 0.2) is 48.5 Å². The number of benzene rings is 2. The molecule has 0 unspecified atom stereocenters. The lowest BCUT2D eigenvalue weighted by Crippen LogP contribution is -2.34. The lowest BCUT2D eigenvalue weighted by Gasteiger charge is -2.12. The standard InChI is InChI=1S/C19H21ClN2O2S/c1-2-14-6-3-4-7-17(14)21-19(25)22-18(23)8-5-13-24-16-11-9-15(20)10-12-16/h3-4,6-7,9-12H,2,5,8,13H2,1H3,(H2,21,22,23,25). The maximum atomic E-state index is 11.9. The monoisotopic (exact) mass is 376 g/mol. The summed E-state index contributed by atoms with van der Waals surface area (Å²) < 4.78 is 5.56. The molecule has 0 fully saturated rings. The SMILES string of the molecule is CCc1ccccc1NC(=S)NC(=O)CCCOc1ccc(Cl)cc1. The van der Waals surface area contributed by atoms with Crippen molar-refractivity contribution in [2.75, 3.05) is 11.9 Å². The first-order valence-corrected chi connectivity index (χ1v) is 8.94. The highest BCUT2D eigenvalue weighted by Crippen LogP contribution is 2.16. The van der Waals surface area contributed by atoms with Gasteiger partial charge in [0.05, 0.1) is 6.61 Å². The molecule has 2 aromatic rings. The van der Waals surface area contributed by atoms with E-state index in [0.29, 0.717) is 29.6 Å². The summed E-state index contributed by atoms with van der Waals surface area (Å²) in [4.78, 5) is 11.9. The molecule has 0 aliphatic rings. The highest BCUT2D eigenvalue weighted by atomic mass is 35.5. The van der Waals surface area contributed by atoms with Crippen molar-refractivity contribution in [2.45, 2.75) is 26.2 Å². The summed E-state index contributed by atoms with van der Waals surface area (Å²) in [5, 5.41) is 6.74. The topological polar surface area (TPSA) is 50.4 Å². The molecule has 4 nitrogen and oxygen atoms in total. The fraction of sp³-hybridized carbons (Fsp3) is 0.263. The van der Waals surface area contributed by atoms with Crippen LogP contribution in [0.2, 0.25) is 5.02 Å². The molecule has 0 saturated carbocycles. The van der Waals surface area contributed by atoms with E-state index < -0.39 is 0 Å². The quantitative estimate of drug-likeness (QED) is 0.548. The van der Waals surface area contributed by atoms with E-state index in [2.05, 4.69) is 17.6 Å². The lowest BCUT2D eigenvalue weighted by atomic mass is 10.1. The van der Waals surface area contributed by atoms with Crippen LogP contribution in [-0.4, -0.2) is 17.6 Å². The molecule has 0 aliphatic heterocycles. The molecule has 6 heteroatoms. The molecule has 0 aromatic heterocycles. The minimum Gasteiger partial charge on any atom is -0.494 e. The summed E-state index contributed by atoms with van der Waals surface area (Å²) >= 11 is 11.0. The van der Waals surface area contributed by atoms with Crippen LogP contribution >= 0.6 is 23.8 Å². The number of thiocarbonyl (C=S) groups is 1. The van der Waals surface area contributed by atoms with Crippen LogP contribution in [0.3, 0.4) is 0 Å². The van der Waals surface area contributed by atoms with Gasteiger partial charge in [-0.05, 0) is 61.0 Å². The Labute approximate surface area is 158 Å². The Morgan fingerprint density at radius 2 is 1.88 bits per heavy atom. The molecule has 0 heterocycles. The van der Waals surface area contributed by atoms with Gasteiger partial charge in [-0.1, -0.05) is 36.7 Å². The molecule has 1 amide bonds. The third-order valence-corrected chi connectivity index (χ3v) is 3.99. The summed E-state index contributed by atoms with van der Waals surface area (Å²) in [6.45, 7) is 2.52. The van der Waals surface area contributed by atoms with Gasteiger partial charge in [0.15, 0.2) is 5.11 Å². The Morgan fingerprint density at radius 1 is 1.16 bits per heavy atom. The van der Waals surface area contributed by atoms with E-state index in [1.165, 1.54) is 0 Å². The molecular formula is C19H21ClN2O2S. The van der Waals surface area contributed by atoms with E-state index in [-0.39, 0.29) is 5.91 Å². The van der Waals surface area contributed by atoms with E-state index in [9.17, 15) is 4.79 Å². The molecule has 25 heavy (non-hydrogen) atoms. The fourth-order valence-electron chi connectivity index (χ4n) is 2.25. The Hall–Kier alpha value is -2.11. The number of hydrogen-bond donors (Lipinski definition) is 2. The second kappa shape index (κ2) is 10.0. The van der Waals surface area contributed by atoms with Crippen LogP contribution in [0.25, 0.3) is 0 Å². The molecule has 0 aliphatic carbocycles. The number of hydrogen-bond acceptors (Lipinski definition) is 3. The predicted molar refractivity (Wildman–Crippen MR) is 106 cm³/mol. The molecule has 132 valence electrons. The minimum atomic E-state index is -0.133. The number of carbonyl (C=O) groups excluding carboxylic acids is 1. The maximum absolute atomic E-state index is 11.9. The number of ether oxygens (including phenoxy) is 1. The minimum absolute atomic E-state index is 0.133. The number of aryl methyl sites for hydroxylation is 1. The van der Waals surface area contributed by atoms with Gasteiger partial charge in [0.1, 0.15) is 5.75 Å². The second-order valence-electron chi connectivity index (χ2n) is 5.42. The van der Waals surface area contributed by atoms with Gasteiger partial charge in [-0.15, -0.1) is 0 Å². The Bertz CT molecular complexity index is 720. The van der Waals surface area contributed by atoms with Gasteiger partial charge < -0.3 is 15.4 Å². The smallest absolute Gasteiger partial charge is 0.226 e. The normalized spacial score (nSPS) is 10.2. The van der Waals surface area contributed by atoms with E-state index in [1.807, 2.05) is 24.3 Å². The van der Waals surface area contributed by atoms with Gasteiger partial charge in [0.25, 0.3) is 0 Å². The number of anilines is 1. The number of amides is 1. The highest BCUT2D eigenvalue weighted by Gasteiger charge is 2.07. The number of halogens is 1. The molecule has 0 bridgehead atoms. The number of nitrogens with one attached hydrogen (secondary N) is 2. The van der Waals surface area contributed by atoms with E-state index >= 15 is 0 Å². The van der Waals surface area contributed by atoms with Crippen LogP contribution in [0, 0.1) is 0 Å².